The second kappa shape index (κ2) is 8.26. The van der Waals surface area contributed by atoms with Crippen LogP contribution < -0.4 is 5.32 Å². The largest absolute Gasteiger partial charge is 0.450 e. The van der Waals surface area contributed by atoms with Crippen molar-refractivity contribution < 1.29 is 28.2 Å². The Morgan fingerprint density at radius 1 is 1.57 bits per heavy atom. The average Bonchev–Trinajstić information content (AvgIpc) is 2.41. The third-order valence-electron chi connectivity index (χ3n) is 3.99. The van der Waals surface area contributed by atoms with E-state index in [-0.39, 0.29) is 51.4 Å². The van der Waals surface area contributed by atoms with E-state index in [1.165, 1.54) is 0 Å². The summed E-state index contributed by atoms with van der Waals surface area (Å²) < 4.78 is 31.7. The average molecular weight is 307 g/mol. The summed E-state index contributed by atoms with van der Waals surface area (Å²) in [6.07, 6.45) is -0.0461. The molecule has 0 aromatic heterocycles. The Kier molecular flexibility index (Phi) is 7.01. The zero-order valence-electron chi connectivity index (χ0n) is 12.2. The standard InChI is InChI=1S/C14H23F2NO4/c1-2-21-13(20)17-8-11(9-19)12-3-5-14(15,16)7-10(12)4-6-18/h9-12,18H,2-8H2,1H3,(H,17,20)/t10-,11+,12-/m1/s1. The maximum Gasteiger partial charge on any atom is 0.407 e. The molecule has 1 rings (SSSR count). The summed E-state index contributed by atoms with van der Waals surface area (Å²) in [5.74, 6) is -3.95. The van der Waals surface area contributed by atoms with Crippen molar-refractivity contribution in [2.24, 2.45) is 17.8 Å². The topological polar surface area (TPSA) is 75.6 Å². The Bertz CT molecular complexity index is 352. The molecule has 1 aliphatic carbocycles. The summed E-state index contributed by atoms with van der Waals surface area (Å²) in [5, 5.41) is 11.5. The number of nitrogens with one attached hydrogen (secondary N) is 1. The van der Waals surface area contributed by atoms with Crippen LogP contribution in [0.4, 0.5) is 13.6 Å². The summed E-state index contributed by atoms with van der Waals surface area (Å²) in [6, 6.07) is 0. The zero-order valence-corrected chi connectivity index (χ0v) is 12.2. The molecular formula is C14H23F2NO4. The predicted molar refractivity (Wildman–Crippen MR) is 72.1 cm³/mol. The highest BCUT2D eigenvalue weighted by Crippen LogP contribution is 2.44. The minimum absolute atomic E-state index is 0.0699. The molecule has 0 aromatic rings. The quantitative estimate of drug-likeness (QED) is 0.705. The second-order valence-corrected chi connectivity index (χ2v) is 5.44. The van der Waals surface area contributed by atoms with Crippen LogP contribution in [0.25, 0.3) is 0 Å². The first-order chi connectivity index (χ1) is 9.93. The number of alkyl halides is 2. The molecule has 0 saturated heterocycles. The van der Waals surface area contributed by atoms with Crippen LogP contribution in [0.3, 0.4) is 0 Å². The van der Waals surface area contributed by atoms with Gasteiger partial charge in [0, 0.05) is 31.9 Å². The Balaban J connectivity index is 2.64. The van der Waals surface area contributed by atoms with Gasteiger partial charge < -0.3 is 20.0 Å². The predicted octanol–water partition coefficient (Wildman–Crippen LogP) is 1.98. The van der Waals surface area contributed by atoms with E-state index in [4.69, 9.17) is 9.84 Å². The molecule has 0 radical (unpaired) electrons. The first-order valence-electron chi connectivity index (χ1n) is 7.28. The van der Waals surface area contributed by atoms with Crippen LogP contribution in [0.5, 0.6) is 0 Å². The van der Waals surface area contributed by atoms with Crippen LogP contribution >= 0.6 is 0 Å². The molecule has 0 aromatic carbocycles. The molecule has 5 nitrogen and oxygen atoms in total. The molecule has 1 fully saturated rings. The van der Waals surface area contributed by atoms with Gasteiger partial charge in [-0.15, -0.1) is 0 Å². The maximum atomic E-state index is 13.5. The number of ether oxygens (including phenoxy) is 1. The summed E-state index contributed by atoms with van der Waals surface area (Å²) in [4.78, 5) is 22.5. The molecule has 1 saturated carbocycles. The minimum atomic E-state index is -2.74. The lowest BCUT2D eigenvalue weighted by molar-refractivity contribution is -0.118. The molecule has 1 aliphatic rings. The van der Waals surface area contributed by atoms with E-state index in [1.54, 1.807) is 6.92 Å². The van der Waals surface area contributed by atoms with E-state index in [0.717, 1.165) is 0 Å². The number of rotatable bonds is 7. The number of hydrogen-bond acceptors (Lipinski definition) is 4. The first-order valence-corrected chi connectivity index (χ1v) is 7.28. The monoisotopic (exact) mass is 307 g/mol. The van der Waals surface area contributed by atoms with Crippen LogP contribution in [-0.4, -0.2) is 43.2 Å². The van der Waals surface area contributed by atoms with Crippen molar-refractivity contribution in [2.75, 3.05) is 19.8 Å². The van der Waals surface area contributed by atoms with Gasteiger partial charge in [-0.1, -0.05) is 0 Å². The highest BCUT2D eigenvalue weighted by molar-refractivity contribution is 5.68. The minimum Gasteiger partial charge on any atom is -0.450 e. The fourth-order valence-corrected chi connectivity index (χ4v) is 2.98. The number of aliphatic hydroxyl groups is 1. The van der Waals surface area contributed by atoms with Gasteiger partial charge in [-0.25, -0.2) is 13.6 Å². The lowest BCUT2D eigenvalue weighted by Gasteiger charge is -2.38. The number of aldehydes is 1. The van der Waals surface area contributed by atoms with Crippen molar-refractivity contribution >= 4 is 12.4 Å². The van der Waals surface area contributed by atoms with Gasteiger partial charge in [-0.2, -0.15) is 0 Å². The number of alkyl carbamates (subject to hydrolysis) is 1. The Hall–Kier alpha value is -1.24. The summed E-state index contributed by atoms with van der Waals surface area (Å²) >= 11 is 0. The summed E-state index contributed by atoms with van der Waals surface area (Å²) in [6.45, 7) is 1.77. The normalized spacial score (nSPS) is 25.9. The molecule has 0 unspecified atom stereocenters. The number of carbonyl (C=O) groups excluding carboxylic acids is 2. The van der Waals surface area contributed by atoms with Gasteiger partial charge in [0.2, 0.25) is 5.92 Å². The van der Waals surface area contributed by atoms with Crippen LogP contribution in [0.15, 0.2) is 0 Å². The van der Waals surface area contributed by atoms with Gasteiger partial charge in [0.15, 0.2) is 0 Å². The first kappa shape index (κ1) is 17.8. The van der Waals surface area contributed by atoms with Crippen molar-refractivity contribution in [1.82, 2.24) is 5.32 Å². The van der Waals surface area contributed by atoms with E-state index < -0.39 is 23.9 Å². The SMILES string of the molecule is CCOC(=O)NC[C@@H](C=O)[C@@H]1CCC(F)(F)C[C@H]1CCO. The van der Waals surface area contributed by atoms with Crippen LogP contribution in [0.1, 0.15) is 32.6 Å². The number of hydrogen-bond donors (Lipinski definition) is 2. The fraction of sp³-hybridized carbons (Fsp3) is 0.857. The van der Waals surface area contributed by atoms with E-state index in [9.17, 15) is 18.4 Å². The highest BCUT2D eigenvalue weighted by Gasteiger charge is 2.43. The molecule has 1 amide bonds. The molecule has 3 atom stereocenters. The molecule has 122 valence electrons. The molecule has 0 aliphatic heterocycles. The van der Waals surface area contributed by atoms with Crippen LogP contribution in [0, 0.1) is 17.8 Å². The zero-order chi connectivity index (χ0) is 15.9. The molecule has 0 bridgehead atoms. The molecular weight excluding hydrogens is 284 g/mol. The summed E-state index contributed by atoms with van der Waals surface area (Å²) in [5.41, 5.74) is 0. The molecule has 0 spiro atoms. The van der Waals surface area contributed by atoms with Gasteiger partial charge in [0.25, 0.3) is 0 Å². The number of amides is 1. The van der Waals surface area contributed by atoms with E-state index in [2.05, 4.69) is 5.32 Å². The smallest absolute Gasteiger partial charge is 0.407 e. The van der Waals surface area contributed by atoms with E-state index >= 15 is 0 Å². The Morgan fingerprint density at radius 3 is 2.86 bits per heavy atom. The lowest BCUT2D eigenvalue weighted by Crippen LogP contribution is -2.41. The van der Waals surface area contributed by atoms with Gasteiger partial charge in [0.05, 0.1) is 6.61 Å². The highest BCUT2D eigenvalue weighted by atomic mass is 19.3. The third-order valence-corrected chi connectivity index (χ3v) is 3.99. The molecule has 2 N–H and O–H groups in total. The van der Waals surface area contributed by atoms with Crippen LogP contribution in [-0.2, 0) is 9.53 Å². The fourth-order valence-electron chi connectivity index (χ4n) is 2.98. The maximum absolute atomic E-state index is 13.5. The number of aliphatic hydroxyl groups excluding tert-OH is 1. The van der Waals surface area contributed by atoms with Gasteiger partial charge in [-0.05, 0) is 31.6 Å². The molecule has 0 heterocycles. The Labute approximate surface area is 123 Å². The second-order valence-electron chi connectivity index (χ2n) is 5.44. The third kappa shape index (κ3) is 5.57. The van der Waals surface area contributed by atoms with Crippen molar-refractivity contribution in [2.45, 2.75) is 38.5 Å². The van der Waals surface area contributed by atoms with Crippen molar-refractivity contribution in [1.29, 1.82) is 0 Å². The molecule has 21 heavy (non-hydrogen) atoms. The van der Waals surface area contributed by atoms with E-state index in [1.807, 2.05) is 0 Å². The summed E-state index contributed by atoms with van der Waals surface area (Å²) in [7, 11) is 0. The van der Waals surface area contributed by atoms with E-state index in [0.29, 0.717) is 6.29 Å². The van der Waals surface area contributed by atoms with Crippen molar-refractivity contribution in [3.8, 4) is 0 Å². The lowest BCUT2D eigenvalue weighted by atomic mass is 9.70. The van der Waals surface area contributed by atoms with Crippen molar-refractivity contribution in [3.05, 3.63) is 0 Å². The van der Waals surface area contributed by atoms with Crippen LogP contribution in [0.2, 0.25) is 0 Å². The van der Waals surface area contributed by atoms with Gasteiger partial charge >= 0.3 is 6.09 Å². The molecule has 7 heteroatoms. The van der Waals surface area contributed by atoms with Gasteiger partial charge in [-0.3, -0.25) is 0 Å². The number of halogens is 2. The number of carbonyl (C=O) groups is 2. The van der Waals surface area contributed by atoms with Gasteiger partial charge in [0.1, 0.15) is 6.29 Å². The Morgan fingerprint density at radius 2 is 2.29 bits per heavy atom. The van der Waals surface area contributed by atoms with Crippen molar-refractivity contribution in [3.63, 3.8) is 0 Å².